The van der Waals surface area contributed by atoms with Gasteiger partial charge in [0.1, 0.15) is 59.6 Å². The standard InChI is InChI=1S/C28H32O17/c1-40-14-4-9(2-3-10(14)31)13-5-11(32)18-12(33)6-15(21(36)25(18)41-13)42-28-26(23(38)20(35)17(8-30)44-28)45-27-24(39)22(37)19(34)16(7-29)43-27/h2-6,16-17,19-20,22-24,26-31,33-39H,7-8H2,1H3. The predicted octanol–water partition coefficient (Wildman–Crippen LogP) is -2.41. The summed E-state index contributed by atoms with van der Waals surface area (Å²) in [4.78, 5) is 13.0. The summed E-state index contributed by atoms with van der Waals surface area (Å²) in [6.07, 6.45) is -17.5. The molecule has 10 atom stereocenters. The summed E-state index contributed by atoms with van der Waals surface area (Å²) >= 11 is 0. The molecular weight excluding hydrogens is 608 g/mol. The Labute approximate surface area is 252 Å². The molecule has 246 valence electrons. The lowest BCUT2D eigenvalue weighted by Crippen LogP contribution is -2.65. The minimum absolute atomic E-state index is 0.0541. The van der Waals surface area contributed by atoms with Crippen molar-refractivity contribution in [2.24, 2.45) is 0 Å². The van der Waals surface area contributed by atoms with Crippen LogP contribution in [0, 0.1) is 0 Å². The molecule has 0 bridgehead atoms. The Balaban J connectivity index is 1.52. The number of benzene rings is 2. The third-order valence-electron chi connectivity index (χ3n) is 7.59. The highest BCUT2D eigenvalue weighted by Crippen LogP contribution is 2.42. The molecule has 2 saturated heterocycles. The van der Waals surface area contributed by atoms with Crippen LogP contribution in [0.1, 0.15) is 0 Å². The van der Waals surface area contributed by atoms with Crippen LogP contribution < -0.4 is 14.9 Å². The van der Waals surface area contributed by atoms with Crippen LogP contribution in [0.15, 0.2) is 39.5 Å². The highest BCUT2D eigenvalue weighted by Gasteiger charge is 2.51. The monoisotopic (exact) mass is 640 g/mol. The van der Waals surface area contributed by atoms with Gasteiger partial charge in [-0.2, -0.15) is 0 Å². The van der Waals surface area contributed by atoms with Crippen LogP contribution in [0.3, 0.4) is 0 Å². The molecule has 0 saturated carbocycles. The maximum absolute atomic E-state index is 13.0. The highest BCUT2D eigenvalue weighted by molar-refractivity contribution is 5.91. The van der Waals surface area contributed by atoms with Gasteiger partial charge in [-0.15, -0.1) is 0 Å². The molecule has 2 aliphatic rings. The lowest BCUT2D eigenvalue weighted by atomic mass is 9.97. The normalized spacial score (nSPS) is 32.0. The number of rotatable bonds is 8. The van der Waals surface area contributed by atoms with Gasteiger partial charge in [0.25, 0.3) is 0 Å². The van der Waals surface area contributed by atoms with E-state index < -0.39 is 108 Å². The fourth-order valence-electron chi connectivity index (χ4n) is 5.10. The molecule has 2 aromatic carbocycles. The number of hydrogen-bond acceptors (Lipinski definition) is 17. The molecule has 3 aromatic rings. The molecule has 10 unspecified atom stereocenters. The molecule has 5 rings (SSSR count). The van der Waals surface area contributed by atoms with Gasteiger partial charge in [-0.3, -0.25) is 4.79 Å². The second-order valence-corrected chi connectivity index (χ2v) is 10.4. The molecule has 0 aliphatic carbocycles. The molecule has 45 heavy (non-hydrogen) atoms. The summed E-state index contributed by atoms with van der Waals surface area (Å²) in [6.45, 7) is -1.62. The van der Waals surface area contributed by atoms with Crippen molar-refractivity contribution in [3.8, 4) is 40.1 Å². The van der Waals surface area contributed by atoms with Crippen molar-refractivity contribution in [2.45, 2.75) is 61.4 Å². The molecule has 2 aliphatic heterocycles. The van der Waals surface area contributed by atoms with Gasteiger partial charge < -0.3 is 79.2 Å². The van der Waals surface area contributed by atoms with Crippen LogP contribution >= 0.6 is 0 Å². The van der Waals surface area contributed by atoms with Crippen LogP contribution in [0.2, 0.25) is 0 Å². The van der Waals surface area contributed by atoms with Crippen LogP contribution in [0.25, 0.3) is 22.3 Å². The Hall–Kier alpha value is -3.75. The first-order valence-corrected chi connectivity index (χ1v) is 13.5. The van der Waals surface area contributed by atoms with Gasteiger partial charge in [0.15, 0.2) is 40.7 Å². The number of ether oxygens (including phenoxy) is 5. The second-order valence-electron chi connectivity index (χ2n) is 10.4. The third kappa shape index (κ3) is 5.98. The molecule has 3 heterocycles. The van der Waals surface area contributed by atoms with Gasteiger partial charge in [0.2, 0.25) is 12.0 Å². The fraction of sp³-hybridized carbons (Fsp3) is 0.464. The van der Waals surface area contributed by atoms with Gasteiger partial charge in [-0.05, 0) is 18.2 Å². The summed E-state index contributed by atoms with van der Waals surface area (Å²) in [5.74, 6) is -2.36. The van der Waals surface area contributed by atoms with Crippen molar-refractivity contribution in [1.82, 2.24) is 0 Å². The van der Waals surface area contributed by atoms with E-state index in [4.69, 9.17) is 28.1 Å². The quantitative estimate of drug-likeness (QED) is 0.115. The molecule has 2 fully saturated rings. The highest BCUT2D eigenvalue weighted by atomic mass is 16.8. The second kappa shape index (κ2) is 12.9. The van der Waals surface area contributed by atoms with Crippen molar-refractivity contribution < 1.29 is 79.2 Å². The van der Waals surface area contributed by atoms with Crippen molar-refractivity contribution in [2.75, 3.05) is 20.3 Å². The third-order valence-corrected chi connectivity index (χ3v) is 7.59. The summed E-state index contributed by atoms with van der Waals surface area (Å²) in [7, 11) is 1.31. The van der Waals surface area contributed by atoms with Crippen LogP contribution in [0.5, 0.6) is 28.7 Å². The van der Waals surface area contributed by atoms with Crippen molar-refractivity contribution in [3.63, 3.8) is 0 Å². The van der Waals surface area contributed by atoms with Crippen molar-refractivity contribution in [3.05, 3.63) is 40.6 Å². The smallest absolute Gasteiger partial charge is 0.229 e. The van der Waals surface area contributed by atoms with E-state index in [2.05, 4.69) is 0 Å². The van der Waals surface area contributed by atoms with Crippen LogP contribution in [-0.2, 0) is 14.2 Å². The maximum atomic E-state index is 13.0. The molecular formula is C28H32O17. The average Bonchev–Trinajstić information content (AvgIpc) is 3.02. The van der Waals surface area contributed by atoms with E-state index >= 15 is 0 Å². The molecule has 1 aromatic heterocycles. The topological polar surface area (TPSA) is 279 Å². The zero-order valence-corrected chi connectivity index (χ0v) is 23.4. The molecule has 0 amide bonds. The Morgan fingerprint density at radius 3 is 2.04 bits per heavy atom. The predicted molar refractivity (Wildman–Crippen MR) is 146 cm³/mol. The van der Waals surface area contributed by atoms with E-state index in [0.717, 1.165) is 12.1 Å². The largest absolute Gasteiger partial charge is 0.507 e. The zero-order chi connectivity index (χ0) is 32.7. The minimum atomic E-state index is -1.92. The molecule has 0 radical (unpaired) electrons. The Bertz CT molecular complexity index is 1570. The first kappa shape index (κ1) is 32.6. The Kier molecular flexibility index (Phi) is 9.38. The Morgan fingerprint density at radius 1 is 0.756 bits per heavy atom. The van der Waals surface area contributed by atoms with Crippen LogP contribution in [0.4, 0.5) is 0 Å². The molecule has 0 spiro atoms. The van der Waals surface area contributed by atoms with Gasteiger partial charge in [-0.25, -0.2) is 0 Å². The van der Waals surface area contributed by atoms with Crippen molar-refractivity contribution in [1.29, 1.82) is 0 Å². The Morgan fingerprint density at radius 2 is 1.40 bits per heavy atom. The number of aliphatic hydroxyl groups excluding tert-OH is 7. The summed E-state index contributed by atoms with van der Waals surface area (Å²) in [5.41, 5.74) is -1.06. The van der Waals surface area contributed by atoms with E-state index in [1.54, 1.807) is 0 Å². The number of hydrogen-bond donors (Lipinski definition) is 10. The number of phenolic OH excluding ortho intramolecular Hbond substituents is 3. The average molecular weight is 641 g/mol. The lowest BCUT2D eigenvalue weighted by Gasteiger charge is -2.45. The van der Waals surface area contributed by atoms with Gasteiger partial charge in [0, 0.05) is 17.7 Å². The maximum Gasteiger partial charge on any atom is 0.229 e. The van der Waals surface area contributed by atoms with E-state index in [-0.39, 0.29) is 22.8 Å². The van der Waals surface area contributed by atoms with E-state index in [9.17, 15) is 55.9 Å². The van der Waals surface area contributed by atoms with Gasteiger partial charge >= 0.3 is 0 Å². The fourth-order valence-corrected chi connectivity index (χ4v) is 5.10. The number of fused-ring (bicyclic) bond motifs is 1. The molecule has 17 heteroatoms. The first-order chi connectivity index (χ1) is 21.4. The lowest BCUT2D eigenvalue weighted by molar-refractivity contribution is -0.358. The number of methoxy groups -OCH3 is 1. The number of phenols is 3. The van der Waals surface area contributed by atoms with Gasteiger partial charge in [0.05, 0.1) is 20.3 Å². The summed E-state index contributed by atoms with van der Waals surface area (Å²) in [5, 5.41) is 102. The minimum Gasteiger partial charge on any atom is -0.507 e. The van der Waals surface area contributed by atoms with Crippen molar-refractivity contribution >= 4 is 11.0 Å². The van der Waals surface area contributed by atoms with Crippen LogP contribution in [-0.4, -0.2) is 133 Å². The number of aromatic hydroxyl groups is 3. The summed E-state index contributed by atoms with van der Waals surface area (Å²) < 4.78 is 33.0. The van der Waals surface area contributed by atoms with Gasteiger partial charge in [-0.1, -0.05) is 0 Å². The van der Waals surface area contributed by atoms with E-state index in [0.29, 0.717) is 0 Å². The molecule has 10 N–H and O–H groups in total. The van der Waals surface area contributed by atoms with E-state index in [1.807, 2.05) is 0 Å². The van der Waals surface area contributed by atoms with E-state index in [1.165, 1.54) is 25.3 Å². The SMILES string of the molecule is COc1cc(-c2cc(=O)c3c(O)cc(OC4OC(CO)C(O)C(O)C4OC4OC(CO)C(O)C(O)C4O)c(O)c3o2)ccc1O. The number of aliphatic hydroxyl groups is 7. The molecule has 17 nitrogen and oxygen atoms in total. The first-order valence-electron chi connectivity index (χ1n) is 13.5. The summed E-state index contributed by atoms with van der Waals surface area (Å²) in [6, 6.07) is 5.90. The zero-order valence-electron chi connectivity index (χ0n) is 23.4.